The Balaban J connectivity index is 2.18. The molecular formula is C18H24ClN3O3S. The summed E-state index contributed by atoms with van der Waals surface area (Å²) < 4.78 is 32.5. The highest BCUT2D eigenvalue weighted by Crippen LogP contribution is 2.28. The molecule has 0 aliphatic rings. The number of sulfonamides is 1. The average molecular weight is 398 g/mol. The maximum absolute atomic E-state index is 12.5. The minimum absolute atomic E-state index is 0.0489. The summed E-state index contributed by atoms with van der Waals surface area (Å²) in [6.07, 6.45) is 3.75. The van der Waals surface area contributed by atoms with E-state index in [1.165, 1.54) is 25.3 Å². The van der Waals surface area contributed by atoms with Gasteiger partial charge in [-0.15, -0.1) is 0 Å². The van der Waals surface area contributed by atoms with Crippen molar-refractivity contribution >= 4 is 33.1 Å². The van der Waals surface area contributed by atoms with Crippen LogP contribution in [0.5, 0.6) is 5.75 Å². The third-order valence-corrected chi connectivity index (χ3v) is 5.42. The fourth-order valence-corrected chi connectivity index (χ4v) is 3.91. The second-order valence-corrected chi connectivity index (χ2v) is 7.88. The Morgan fingerprint density at radius 2 is 1.85 bits per heavy atom. The van der Waals surface area contributed by atoms with Gasteiger partial charge in [0.2, 0.25) is 0 Å². The lowest BCUT2D eigenvalue weighted by Crippen LogP contribution is -2.25. The summed E-state index contributed by atoms with van der Waals surface area (Å²) >= 11 is 6.02. The lowest BCUT2D eigenvalue weighted by atomic mass is 10.3. The van der Waals surface area contributed by atoms with E-state index in [1.807, 2.05) is 6.07 Å². The van der Waals surface area contributed by atoms with Gasteiger partial charge in [-0.05, 0) is 43.2 Å². The fourth-order valence-electron chi connectivity index (χ4n) is 2.55. The fraction of sp³-hybridized carbons (Fsp3) is 0.389. The summed E-state index contributed by atoms with van der Waals surface area (Å²) in [5, 5.41) is 0.230. The summed E-state index contributed by atoms with van der Waals surface area (Å²) in [6.45, 7) is 6.12. The van der Waals surface area contributed by atoms with Crippen molar-refractivity contribution in [3.63, 3.8) is 0 Å². The molecule has 0 atom stereocenters. The molecule has 1 aromatic heterocycles. The molecule has 2 rings (SSSR count). The van der Waals surface area contributed by atoms with Gasteiger partial charge in [0.25, 0.3) is 10.0 Å². The molecule has 0 amide bonds. The number of hydrogen-bond donors (Lipinski definition) is 1. The molecule has 8 heteroatoms. The monoisotopic (exact) mass is 397 g/mol. The first-order chi connectivity index (χ1) is 12.4. The van der Waals surface area contributed by atoms with Gasteiger partial charge in [-0.1, -0.05) is 25.4 Å². The first kappa shape index (κ1) is 20.3. The normalized spacial score (nSPS) is 11.2. The minimum Gasteiger partial charge on any atom is -0.495 e. The molecule has 2 aromatic rings. The Hall–Kier alpha value is -1.99. The van der Waals surface area contributed by atoms with Crippen LogP contribution >= 0.6 is 11.6 Å². The number of aromatic nitrogens is 1. The van der Waals surface area contributed by atoms with Crippen LogP contribution < -0.4 is 14.4 Å². The van der Waals surface area contributed by atoms with Gasteiger partial charge < -0.3 is 9.64 Å². The first-order valence-electron chi connectivity index (χ1n) is 8.48. The van der Waals surface area contributed by atoms with Crippen LogP contribution in [0.4, 0.5) is 11.5 Å². The smallest absolute Gasteiger partial charge is 0.263 e. The highest BCUT2D eigenvalue weighted by molar-refractivity contribution is 7.92. The summed E-state index contributed by atoms with van der Waals surface area (Å²) in [4.78, 5) is 6.52. The molecule has 0 spiro atoms. The predicted octanol–water partition coefficient (Wildman–Crippen LogP) is 4.17. The van der Waals surface area contributed by atoms with E-state index in [2.05, 4.69) is 28.5 Å². The van der Waals surface area contributed by atoms with Crippen LogP contribution in [0.25, 0.3) is 0 Å². The van der Waals surface area contributed by atoms with Crippen LogP contribution in [0.1, 0.15) is 26.7 Å². The number of pyridine rings is 1. The molecule has 0 unspecified atom stereocenters. The standard InChI is InChI=1S/C18H24ClN3O3S/c1-4-10-22(11-5-2)14-6-9-18(20-13-14)21-26(23,24)15-7-8-17(25-3)16(19)12-15/h6-9,12-13H,4-5,10-11H2,1-3H3,(H,20,21). The van der Waals surface area contributed by atoms with Gasteiger partial charge in [0, 0.05) is 13.1 Å². The largest absolute Gasteiger partial charge is 0.495 e. The molecule has 6 nitrogen and oxygen atoms in total. The lowest BCUT2D eigenvalue weighted by molar-refractivity contribution is 0.414. The van der Waals surface area contributed by atoms with E-state index < -0.39 is 10.0 Å². The zero-order valence-corrected chi connectivity index (χ0v) is 16.8. The van der Waals surface area contributed by atoms with E-state index in [1.54, 1.807) is 12.3 Å². The van der Waals surface area contributed by atoms with Crippen LogP contribution in [0.2, 0.25) is 5.02 Å². The van der Waals surface area contributed by atoms with E-state index in [9.17, 15) is 8.42 Å². The molecule has 0 fully saturated rings. The van der Waals surface area contributed by atoms with Crippen molar-refractivity contribution < 1.29 is 13.2 Å². The number of rotatable bonds is 9. The number of ether oxygens (including phenoxy) is 1. The van der Waals surface area contributed by atoms with E-state index in [4.69, 9.17) is 16.3 Å². The van der Waals surface area contributed by atoms with Crippen LogP contribution in [-0.2, 0) is 10.0 Å². The van der Waals surface area contributed by atoms with E-state index in [0.717, 1.165) is 31.6 Å². The molecule has 0 saturated carbocycles. The Labute approximate surface area is 160 Å². The number of halogens is 1. The highest BCUT2D eigenvalue weighted by atomic mass is 35.5. The van der Waals surface area contributed by atoms with Crippen molar-refractivity contribution in [3.05, 3.63) is 41.6 Å². The third-order valence-electron chi connectivity index (χ3n) is 3.77. The number of methoxy groups -OCH3 is 1. The van der Waals surface area contributed by atoms with Gasteiger partial charge in [-0.3, -0.25) is 4.72 Å². The van der Waals surface area contributed by atoms with Gasteiger partial charge in [0.05, 0.1) is 28.9 Å². The molecule has 26 heavy (non-hydrogen) atoms. The zero-order valence-electron chi connectivity index (χ0n) is 15.2. The molecule has 1 N–H and O–H groups in total. The lowest BCUT2D eigenvalue weighted by Gasteiger charge is -2.23. The van der Waals surface area contributed by atoms with Crippen molar-refractivity contribution in [2.24, 2.45) is 0 Å². The molecule has 0 aliphatic heterocycles. The minimum atomic E-state index is -3.78. The maximum atomic E-state index is 12.5. The first-order valence-corrected chi connectivity index (χ1v) is 10.3. The van der Waals surface area contributed by atoms with Gasteiger partial charge >= 0.3 is 0 Å². The molecular weight excluding hydrogens is 374 g/mol. The topological polar surface area (TPSA) is 71.5 Å². The summed E-state index contributed by atoms with van der Waals surface area (Å²) in [5.74, 6) is 0.675. The van der Waals surface area contributed by atoms with Crippen LogP contribution in [0, 0.1) is 0 Å². The van der Waals surface area contributed by atoms with E-state index >= 15 is 0 Å². The molecule has 142 valence electrons. The number of nitrogens with zero attached hydrogens (tertiary/aromatic N) is 2. The molecule has 0 saturated heterocycles. The average Bonchev–Trinajstić information content (AvgIpc) is 2.62. The van der Waals surface area contributed by atoms with Crippen LogP contribution in [0.3, 0.4) is 0 Å². The molecule has 1 heterocycles. The molecule has 0 radical (unpaired) electrons. The van der Waals surface area contributed by atoms with Crippen molar-refractivity contribution in [2.75, 3.05) is 29.8 Å². The van der Waals surface area contributed by atoms with Crippen molar-refractivity contribution in [1.29, 1.82) is 0 Å². The second kappa shape index (κ2) is 9.09. The molecule has 0 aliphatic carbocycles. The Morgan fingerprint density at radius 1 is 1.15 bits per heavy atom. The number of nitrogens with one attached hydrogen (secondary N) is 1. The quantitative estimate of drug-likeness (QED) is 0.687. The Kier molecular flexibility index (Phi) is 7.11. The summed E-state index contributed by atoms with van der Waals surface area (Å²) in [6, 6.07) is 7.83. The van der Waals surface area contributed by atoms with Crippen molar-refractivity contribution in [3.8, 4) is 5.75 Å². The van der Waals surface area contributed by atoms with Crippen molar-refractivity contribution in [2.45, 2.75) is 31.6 Å². The van der Waals surface area contributed by atoms with Gasteiger partial charge in [0.15, 0.2) is 0 Å². The van der Waals surface area contributed by atoms with E-state index in [-0.39, 0.29) is 15.7 Å². The zero-order chi connectivity index (χ0) is 19.2. The molecule has 1 aromatic carbocycles. The number of anilines is 2. The second-order valence-electron chi connectivity index (χ2n) is 5.79. The Bertz CT molecular complexity index is 820. The number of hydrogen-bond acceptors (Lipinski definition) is 5. The SMILES string of the molecule is CCCN(CCC)c1ccc(NS(=O)(=O)c2ccc(OC)c(Cl)c2)nc1. The van der Waals surface area contributed by atoms with E-state index in [0.29, 0.717) is 5.75 Å². The maximum Gasteiger partial charge on any atom is 0.263 e. The van der Waals surface area contributed by atoms with Gasteiger partial charge in [0.1, 0.15) is 11.6 Å². The molecule has 0 bridgehead atoms. The Morgan fingerprint density at radius 3 is 2.35 bits per heavy atom. The summed E-state index contributed by atoms with van der Waals surface area (Å²) in [5.41, 5.74) is 0.976. The van der Waals surface area contributed by atoms with Gasteiger partial charge in [-0.2, -0.15) is 0 Å². The highest BCUT2D eigenvalue weighted by Gasteiger charge is 2.17. The summed E-state index contributed by atoms with van der Waals surface area (Å²) in [7, 11) is -2.31. The van der Waals surface area contributed by atoms with Crippen LogP contribution in [0.15, 0.2) is 41.4 Å². The van der Waals surface area contributed by atoms with Crippen molar-refractivity contribution in [1.82, 2.24) is 4.98 Å². The number of benzene rings is 1. The third kappa shape index (κ3) is 5.02. The van der Waals surface area contributed by atoms with Gasteiger partial charge in [-0.25, -0.2) is 13.4 Å². The predicted molar refractivity (Wildman–Crippen MR) is 106 cm³/mol. The van der Waals surface area contributed by atoms with Crippen LogP contribution in [-0.4, -0.2) is 33.6 Å².